The minimum Gasteiger partial charge on any atom is -0.490 e. The van der Waals surface area contributed by atoms with Gasteiger partial charge in [0.2, 0.25) is 10.0 Å². The van der Waals surface area contributed by atoms with Gasteiger partial charge in [0.05, 0.1) is 18.1 Å². The van der Waals surface area contributed by atoms with Crippen LogP contribution in [0.25, 0.3) is 0 Å². The molecule has 158 valence electrons. The van der Waals surface area contributed by atoms with E-state index in [1.807, 2.05) is 13.8 Å². The van der Waals surface area contributed by atoms with Gasteiger partial charge in [0.15, 0.2) is 11.5 Å². The van der Waals surface area contributed by atoms with E-state index in [0.29, 0.717) is 42.5 Å². The second kappa shape index (κ2) is 10.8. The highest BCUT2D eigenvalue weighted by Crippen LogP contribution is 2.31. The molecule has 0 radical (unpaired) electrons. The maximum absolute atomic E-state index is 12.5. The summed E-state index contributed by atoms with van der Waals surface area (Å²) < 4.78 is 37.8. The topological polar surface area (TPSA) is 93.7 Å². The fourth-order valence-corrected chi connectivity index (χ4v) is 3.55. The van der Waals surface area contributed by atoms with Crippen molar-refractivity contribution in [2.75, 3.05) is 25.1 Å². The molecule has 0 atom stereocenters. The first kappa shape index (κ1) is 22.7. The zero-order valence-electron chi connectivity index (χ0n) is 17.0. The van der Waals surface area contributed by atoms with Crippen LogP contribution in [-0.4, -0.2) is 34.1 Å². The molecule has 0 aliphatic heterocycles. The second-order valence-corrected chi connectivity index (χ2v) is 8.11. The molecule has 2 rings (SSSR count). The maximum atomic E-state index is 12.5. The standard InChI is InChI=1S/C21H28N2O5S/c1-4-13-27-19-12-9-17(15-20(19)28-14-5-2)23-21(24)16-7-10-18(11-8-16)29(25,26)22-6-3/h7-12,15,22H,4-6,13-14H2,1-3H3,(H,23,24). The molecule has 0 heterocycles. The Hall–Kier alpha value is -2.58. The van der Waals surface area contributed by atoms with Gasteiger partial charge in [-0.25, -0.2) is 13.1 Å². The lowest BCUT2D eigenvalue weighted by molar-refractivity contribution is 0.102. The van der Waals surface area contributed by atoms with E-state index in [1.165, 1.54) is 24.3 Å². The first-order valence-electron chi connectivity index (χ1n) is 9.72. The van der Waals surface area contributed by atoms with Gasteiger partial charge in [-0.15, -0.1) is 0 Å². The van der Waals surface area contributed by atoms with Gasteiger partial charge in [-0.05, 0) is 49.2 Å². The number of carbonyl (C=O) groups excluding carboxylic acids is 1. The summed E-state index contributed by atoms with van der Waals surface area (Å²) in [6, 6.07) is 11.0. The number of hydrogen-bond donors (Lipinski definition) is 2. The van der Waals surface area contributed by atoms with Crippen LogP contribution in [0.15, 0.2) is 47.4 Å². The van der Waals surface area contributed by atoms with E-state index in [4.69, 9.17) is 9.47 Å². The Kier molecular flexibility index (Phi) is 8.48. The van der Waals surface area contributed by atoms with E-state index >= 15 is 0 Å². The van der Waals surface area contributed by atoms with Crippen LogP contribution in [0, 0.1) is 0 Å². The average molecular weight is 421 g/mol. The van der Waals surface area contributed by atoms with E-state index in [-0.39, 0.29) is 10.8 Å². The van der Waals surface area contributed by atoms with Crippen LogP contribution in [0.3, 0.4) is 0 Å². The van der Waals surface area contributed by atoms with E-state index in [9.17, 15) is 13.2 Å². The van der Waals surface area contributed by atoms with Gasteiger partial charge in [0, 0.05) is 23.9 Å². The van der Waals surface area contributed by atoms with E-state index in [1.54, 1.807) is 25.1 Å². The van der Waals surface area contributed by atoms with Crippen molar-refractivity contribution in [2.24, 2.45) is 0 Å². The number of sulfonamides is 1. The molecule has 7 nitrogen and oxygen atoms in total. The highest BCUT2D eigenvalue weighted by atomic mass is 32.2. The number of rotatable bonds is 11. The lowest BCUT2D eigenvalue weighted by Crippen LogP contribution is -2.23. The van der Waals surface area contributed by atoms with Gasteiger partial charge in [0.25, 0.3) is 5.91 Å². The molecule has 0 aliphatic rings. The van der Waals surface area contributed by atoms with Crippen LogP contribution in [0.5, 0.6) is 11.5 Å². The molecule has 0 spiro atoms. The third-order valence-electron chi connectivity index (χ3n) is 3.89. The summed E-state index contributed by atoms with van der Waals surface area (Å²) in [6.07, 6.45) is 1.73. The quantitative estimate of drug-likeness (QED) is 0.576. The molecule has 0 saturated carbocycles. The monoisotopic (exact) mass is 420 g/mol. The summed E-state index contributed by atoms with van der Waals surface area (Å²) in [4.78, 5) is 12.6. The molecule has 0 saturated heterocycles. The van der Waals surface area contributed by atoms with Crippen molar-refractivity contribution in [3.8, 4) is 11.5 Å². The van der Waals surface area contributed by atoms with Crippen LogP contribution in [0.2, 0.25) is 0 Å². The lowest BCUT2D eigenvalue weighted by Gasteiger charge is -2.14. The molecule has 2 aromatic rings. The smallest absolute Gasteiger partial charge is 0.255 e. The first-order valence-corrected chi connectivity index (χ1v) is 11.2. The normalized spacial score (nSPS) is 11.1. The van der Waals surface area contributed by atoms with Crippen LogP contribution in [-0.2, 0) is 10.0 Å². The summed E-state index contributed by atoms with van der Waals surface area (Å²) in [5.41, 5.74) is 0.914. The number of carbonyl (C=O) groups is 1. The molecule has 0 bridgehead atoms. The van der Waals surface area contributed by atoms with E-state index in [2.05, 4.69) is 10.0 Å². The Morgan fingerprint density at radius 2 is 1.52 bits per heavy atom. The fraction of sp³-hybridized carbons (Fsp3) is 0.381. The van der Waals surface area contributed by atoms with Crippen molar-refractivity contribution >= 4 is 21.6 Å². The van der Waals surface area contributed by atoms with Crippen molar-refractivity contribution in [1.29, 1.82) is 0 Å². The van der Waals surface area contributed by atoms with Crippen LogP contribution < -0.4 is 19.5 Å². The summed E-state index contributed by atoms with van der Waals surface area (Å²) in [5.74, 6) is 0.863. The fourth-order valence-electron chi connectivity index (χ4n) is 2.50. The Balaban J connectivity index is 2.15. The SMILES string of the molecule is CCCOc1ccc(NC(=O)c2ccc(S(=O)(=O)NCC)cc2)cc1OCCC. The number of nitrogens with one attached hydrogen (secondary N) is 2. The van der Waals surface area contributed by atoms with Gasteiger partial charge in [-0.2, -0.15) is 0 Å². The first-order chi connectivity index (χ1) is 13.9. The lowest BCUT2D eigenvalue weighted by atomic mass is 10.2. The molecule has 2 N–H and O–H groups in total. The van der Waals surface area contributed by atoms with Crippen molar-refractivity contribution in [3.63, 3.8) is 0 Å². The Morgan fingerprint density at radius 3 is 2.10 bits per heavy atom. The summed E-state index contributed by atoms with van der Waals surface area (Å²) in [6.45, 7) is 7.16. The van der Waals surface area contributed by atoms with Crippen LogP contribution >= 0.6 is 0 Å². The Bertz CT molecular complexity index is 911. The summed E-state index contributed by atoms with van der Waals surface area (Å²) >= 11 is 0. The third-order valence-corrected chi connectivity index (χ3v) is 5.45. The number of anilines is 1. The molecule has 0 fully saturated rings. The van der Waals surface area contributed by atoms with Crippen LogP contribution in [0.4, 0.5) is 5.69 Å². The molecular formula is C21H28N2O5S. The van der Waals surface area contributed by atoms with E-state index < -0.39 is 10.0 Å². The highest BCUT2D eigenvalue weighted by molar-refractivity contribution is 7.89. The minimum atomic E-state index is -3.55. The molecule has 0 aromatic heterocycles. The molecule has 8 heteroatoms. The highest BCUT2D eigenvalue weighted by Gasteiger charge is 2.14. The average Bonchev–Trinajstić information content (AvgIpc) is 2.71. The van der Waals surface area contributed by atoms with E-state index in [0.717, 1.165) is 12.8 Å². The van der Waals surface area contributed by atoms with Crippen molar-refractivity contribution in [2.45, 2.75) is 38.5 Å². The third kappa shape index (κ3) is 6.47. The predicted octanol–water partition coefficient (Wildman–Crippen LogP) is 3.81. The maximum Gasteiger partial charge on any atom is 0.255 e. The number of benzene rings is 2. The van der Waals surface area contributed by atoms with Crippen LogP contribution in [0.1, 0.15) is 44.0 Å². The van der Waals surface area contributed by atoms with Crippen molar-refractivity contribution < 1.29 is 22.7 Å². The van der Waals surface area contributed by atoms with Crippen molar-refractivity contribution in [3.05, 3.63) is 48.0 Å². The molecule has 29 heavy (non-hydrogen) atoms. The van der Waals surface area contributed by atoms with Gasteiger partial charge in [0.1, 0.15) is 0 Å². The Labute approximate surface area is 172 Å². The van der Waals surface area contributed by atoms with Crippen molar-refractivity contribution in [1.82, 2.24) is 4.72 Å². The zero-order valence-corrected chi connectivity index (χ0v) is 17.8. The minimum absolute atomic E-state index is 0.114. The van der Waals surface area contributed by atoms with Gasteiger partial charge < -0.3 is 14.8 Å². The molecule has 0 aliphatic carbocycles. The Morgan fingerprint density at radius 1 is 0.897 bits per heavy atom. The summed E-state index contributed by atoms with van der Waals surface area (Å²) in [7, 11) is -3.55. The molecule has 2 aromatic carbocycles. The molecule has 0 unspecified atom stereocenters. The predicted molar refractivity (Wildman–Crippen MR) is 113 cm³/mol. The summed E-state index contributed by atoms with van der Waals surface area (Å²) in [5, 5.41) is 2.80. The van der Waals surface area contributed by atoms with Gasteiger partial charge in [-0.1, -0.05) is 20.8 Å². The number of amides is 1. The molecular weight excluding hydrogens is 392 g/mol. The zero-order chi connectivity index (χ0) is 21.3. The number of hydrogen-bond acceptors (Lipinski definition) is 5. The number of ether oxygens (including phenoxy) is 2. The van der Waals surface area contributed by atoms with Gasteiger partial charge >= 0.3 is 0 Å². The second-order valence-electron chi connectivity index (χ2n) is 6.34. The van der Waals surface area contributed by atoms with Gasteiger partial charge in [-0.3, -0.25) is 4.79 Å². The largest absolute Gasteiger partial charge is 0.490 e. The molecule has 1 amide bonds.